The summed E-state index contributed by atoms with van der Waals surface area (Å²) in [4.78, 5) is 0. The van der Waals surface area contributed by atoms with Crippen molar-refractivity contribution in [2.45, 2.75) is 6.43 Å². The lowest BCUT2D eigenvalue weighted by Crippen LogP contribution is -1.90. The maximum Gasteiger partial charge on any atom is 0.264 e. The Morgan fingerprint density at radius 1 is 1.08 bits per heavy atom. The van der Waals surface area contributed by atoms with Gasteiger partial charge in [-0.25, -0.2) is 17.6 Å². The fraction of sp³-hybridized carbons (Fsp3) is 0.143. The molecule has 0 spiro atoms. The van der Waals surface area contributed by atoms with Crippen LogP contribution < -0.4 is 0 Å². The smallest absolute Gasteiger partial charge is 0.264 e. The van der Waals surface area contributed by atoms with Gasteiger partial charge in [0.15, 0.2) is 17.4 Å². The zero-order chi connectivity index (χ0) is 9.30. The highest BCUT2D eigenvalue weighted by Crippen LogP contribution is 2.26. The molecule has 0 radical (unpaired) electrons. The Bertz CT molecular complexity index is 274. The van der Waals surface area contributed by atoms with E-state index in [-0.39, 0.29) is 0 Å². The minimum Gasteiger partial charge on any atom is -0.503 e. The monoisotopic (exact) mass is 180 g/mol. The molecular formula is C7H4F4O. The van der Waals surface area contributed by atoms with Crippen molar-refractivity contribution in [1.29, 1.82) is 0 Å². The van der Waals surface area contributed by atoms with Gasteiger partial charge in [-0.1, -0.05) is 0 Å². The molecule has 5 heteroatoms. The first-order chi connectivity index (χ1) is 5.52. The summed E-state index contributed by atoms with van der Waals surface area (Å²) in [7, 11) is 0. The zero-order valence-corrected chi connectivity index (χ0v) is 5.69. The van der Waals surface area contributed by atoms with E-state index >= 15 is 0 Å². The molecule has 0 bridgehead atoms. The third-order valence-corrected chi connectivity index (χ3v) is 1.29. The fourth-order valence-corrected chi connectivity index (χ4v) is 0.711. The van der Waals surface area contributed by atoms with E-state index in [0.29, 0.717) is 12.1 Å². The van der Waals surface area contributed by atoms with Crippen molar-refractivity contribution in [3.63, 3.8) is 0 Å². The highest BCUT2D eigenvalue weighted by Gasteiger charge is 2.14. The van der Waals surface area contributed by atoms with Crippen LogP contribution in [0.25, 0.3) is 0 Å². The summed E-state index contributed by atoms with van der Waals surface area (Å²) in [6.45, 7) is 0. The molecule has 1 N–H and O–H groups in total. The Labute approximate surface area is 65.3 Å². The largest absolute Gasteiger partial charge is 0.503 e. The molecule has 66 valence electrons. The van der Waals surface area contributed by atoms with Crippen molar-refractivity contribution >= 4 is 0 Å². The second kappa shape index (κ2) is 3.00. The van der Waals surface area contributed by atoms with Crippen LogP contribution in [0.2, 0.25) is 0 Å². The quantitative estimate of drug-likeness (QED) is 0.658. The van der Waals surface area contributed by atoms with Gasteiger partial charge >= 0.3 is 0 Å². The van der Waals surface area contributed by atoms with E-state index in [9.17, 15) is 17.6 Å². The predicted octanol–water partition coefficient (Wildman–Crippen LogP) is 2.61. The standard InChI is InChI=1S/C7H4F4O/c8-4-1-3(7(10)11)2-5(9)6(4)12/h1-2,7,12H. The van der Waals surface area contributed by atoms with Gasteiger partial charge in [-0.05, 0) is 12.1 Å². The molecule has 0 heterocycles. The molecular weight excluding hydrogens is 176 g/mol. The molecule has 0 aliphatic rings. The summed E-state index contributed by atoms with van der Waals surface area (Å²) in [5, 5.41) is 8.52. The van der Waals surface area contributed by atoms with Crippen LogP contribution in [0.5, 0.6) is 5.75 Å². The molecule has 0 atom stereocenters. The number of aromatic hydroxyl groups is 1. The van der Waals surface area contributed by atoms with Crippen molar-refractivity contribution in [3.8, 4) is 5.75 Å². The van der Waals surface area contributed by atoms with Crippen molar-refractivity contribution < 1.29 is 22.7 Å². The Kier molecular flexibility index (Phi) is 2.21. The van der Waals surface area contributed by atoms with Gasteiger partial charge in [0.2, 0.25) is 0 Å². The number of hydrogen-bond donors (Lipinski definition) is 1. The number of benzene rings is 1. The molecule has 0 aliphatic heterocycles. The summed E-state index contributed by atoms with van der Waals surface area (Å²) in [5.74, 6) is -4.00. The topological polar surface area (TPSA) is 20.2 Å². The van der Waals surface area contributed by atoms with Crippen LogP contribution in [0, 0.1) is 11.6 Å². The van der Waals surface area contributed by atoms with E-state index in [1.807, 2.05) is 0 Å². The molecule has 0 aliphatic carbocycles. The summed E-state index contributed by atoms with van der Waals surface area (Å²) >= 11 is 0. The lowest BCUT2D eigenvalue weighted by atomic mass is 10.2. The first-order valence-electron chi connectivity index (χ1n) is 2.98. The molecule has 1 rings (SSSR count). The van der Waals surface area contributed by atoms with Crippen molar-refractivity contribution in [3.05, 3.63) is 29.3 Å². The summed E-state index contributed by atoms with van der Waals surface area (Å²) in [5.41, 5.74) is -0.789. The van der Waals surface area contributed by atoms with E-state index in [1.54, 1.807) is 0 Å². The summed E-state index contributed by atoms with van der Waals surface area (Å²) in [6.07, 6.45) is -2.95. The van der Waals surface area contributed by atoms with Gasteiger partial charge in [-0.2, -0.15) is 0 Å². The average molecular weight is 180 g/mol. The van der Waals surface area contributed by atoms with Crippen LogP contribution in [0.4, 0.5) is 17.6 Å². The first kappa shape index (κ1) is 8.83. The Balaban J connectivity index is 3.21. The van der Waals surface area contributed by atoms with Crippen molar-refractivity contribution in [2.24, 2.45) is 0 Å². The van der Waals surface area contributed by atoms with Crippen molar-refractivity contribution in [2.75, 3.05) is 0 Å². The van der Waals surface area contributed by atoms with Crippen LogP contribution in [0.1, 0.15) is 12.0 Å². The predicted molar refractivity (Wildman–Crippen MR) is 33.0 cm³/mol. The molecule has 0 saturated carbocycles. The Morgan fingerprint density at radius 2 is 1.50 bits per heavy atom. The first-order valence-corrected chi connectivity index (χ1v) is 2.98. The second-order valence-electron chi connectivity index (χ2n) is 2.13. The number of phenolic OH excluding ortho intramolecular Hbond substituents is 1. The molecule has 1 nitrogen and oxygen atoms in total. The summed E-state index contributed by atoms with van der Waals surface area (Å²) < 4.78 is 48.4. The number of alkyl halides is 2. The highest BCUT2D eigenvalue weighted by molar-refractivity contribution is 5.30. The minimum absolute atomic E-state index is 0.392. The third kappa shape index (κ3) is 1.49. The molecule has 1 aromatic carbocycles. The van der Waals surface area contributed by atoms with Crippen LogP contribution >= 0.6 is 0 Å². The number of halogens is 4. The Morgan fingerprint density at radius 3 is 1.83 bits per heavy atom. The zero-order valence-electron chi connectivity index (χ0n) is 5.69. The lowest BCUT2D eigenvalue weighted by Gasteiger charge is -2.01. The average Bonchev–Trinajstić information content (AvgIpc) is 1.99. The van der Waals surface area contributed by atoms with E-state index < -0.39 is 29.4 Å². The molecule has 12 heavy (non-hydrogen) atoms. The van der Waals surface area contributed by atoms with Gasteiger partial charge in [-0.3, -0.25) is 0 Å². The van der Waals surface area contributed by atoms with E-state index in [1.165, 1.54) is 0 Å². The van der Waals surface area contributed by atoms with Crippen LogP contribution in [0.3, 0.4) is 0 Å². The van der Waals surface area contributed by atoms with Crippen molar-refractivity contribution in [1.82, 2.24) is 0 Å². The SMILES string of the molecule is Oc1c(F)cc(C(F)F)cc1F. The maximum atomic E-state index is 12.4. The van der Waals surface area contributed by atoms with E-state index in [0.717, 1.165) is 0 Å². The lowest BCUT2D eigenvalue weighted by molar-refractivity contribution is 0.150. The molecule has 1 aromatic rings. The van der Waals surface area contributed by atoms with E-state index in [2.05, 4.69) is 0 Å². The Hall–Kier alpha value is -1.26. The van der Waals surface area contributed by atoms with E-state index in [4.69, 9.17) is 5.11 Å². The number of phenols is 1. The minimum atomic E-state index is -2.95. The van der Waals surface area contributed by atoms with Gasteiger partial charge in [-0.15, -0.1) is 0 Å². The number of hydrogen-bond acceptors (Lipinski definition) is 1. The molecule has 0 aromatic heterocycles. The van der Waals surface area contributed by atoms with Gasteiger partial charge < -0.3 is 5.11 Å². The van der Waals surface area contributed by atoms with Gasteiger partial charge in [0.1, 0.15) is 0 Å². The van der Waals surface area contributed by atoms with Gasteiger partial charge in [0.25, 0.3) is 6.43 Å². The maximum absolute atomic E-state index is 12.4. The normalized spacial score (nSPS) is 10.8. The highest BCUT2D eigenvalue weighted by atomic mass is 19.3. The van der Waals surface area contributed by atoms with Gasteiger partial charge in [0, 0.05) is 5.56 Å². The molecule has 0 amide bonds. The summed E-state index contributed by atoms with van der Waals surface area (Å²) in [6, 6.07) is 0.784. The molecule has 0 unspecified atom stereocenters. The molecule has 0 saturated heterocycles. The second-order valence-corrected chi connectivity index (χ2v) is 2.13. The van der Waals surface area contributed by atoms with Crippen LogP contribution in [-0.2, 0) is 0 Å². The fourth-order valence-electron chi connectivity index (χ4n) is 0.711. The molecule has 0 fully saturated rings. The van der Waals surface area contributed by atoms with Crippen LogP contribution in [0.15, 0.2) is 12.1 Å². The third-order valence-electron chi connectivity index (χ3n) is 1.29. The van der Waals surface area contributed by atoms with Crippen LogP contribution in [-0.4, -0.2) is 5.11 Å². The van der Waals surface area contributed by atoms with Gasteiger partial charge in [0.05, 0.1) is 0 Å². The number of rotatable bonds is 1.